The van der Waals surface area contributed by atoms with E-state index in [9.17, 15) is 19.5 Å². The molecular weight excluding hydrogens is 276 g/mol. The smallest absolute Gasteiger partial charge is 0.348 e. The van der Waals surface area contributed by atoms with E-state index < -0.39 is 35.0 Å². The number of rotatable bonds is 4. The van der Waals surface area contributed by atoms with Gasteiger partial charge in [-0.05, 0) is 6.92 Å². The molecule has 0 fully saturated rings. The number of aliphatic hydroxyl groups excluding tert-OH is 1. The number of amides is 3. The lowest BCUT2D eigenvalue weighted by molar-refractivity contribution is -0.138. The maximum absolute atomic E-state index is 12.0. The van der Waals surface area contributed by atoms with Gasteiger partial charge < -0.3 is 9.84 Å². The van der Waals surface area contributed by atoms with E-state index in [1.165, 1.54) is 0 Å². The summed E-state index contributed by atoms with van der Waals surface area (Å²) in [5.74, 6) is -2.26. The Hall–Kier alpha value is -2.96. The average molecular weight is 288 g/mol. The molecule has 0 spiro atoms. The molecule has 0 aliphatic carbocycles. The molecule has 1 aromatic rings. The molecule has 2 N–H and O–H groups in total. The van der Waals surface area contributed by atoms with E-state index >= 15 is 0 Å². The number of aliphatic imine (C=N–C) groups is 1. The Kier molecular flexibility index (Phi) is 4.13. The standard InChI is InChI=1S/C14H12N2O5/c1-2-21-13(19)9(10-12(18)16-14(20)15-10)11(17)8-6-4-3-5-7-8/h3-7,17H,2H2,1H3,(H,16,18,20). The normalized spacial score (nSPS) is 15.2. The molecule has 108 valence electrons. The molecule has 0 saturated heterocycles. The molecule has 21 heavy (non-hydrogen) atoms. The van der Waals surface area contributed by atoms with E-state index in [0.717, 1.165) is 0 Å². The number of carbonyl (C=O) groups is 3. The fraction of sp³-hybridized carbons (Fsp3) is 0.143. The molecule has 7 heteroatoms. The van der Waals surface area contributed by atoms with Crippen LogP contribution >= 0.6 is 0 Å². The van der Waals surface area contributed by atoms with Gasteiger partial charge in [-0.25, -0.2) is 9.59 Å². The number of imide groups is 1. The van der Waals surface area contributed by atoms with Crippen LogP contribution in [0, 0.1) is 0 Å². The number of ether oxygens (including phenoxy) is 1. The summed E-state index contributed by atoms with van der Waals surface area (Å²) in [4.78, 5) is 38.2. The summed E-state index contributed by atoms with van der Waals surface area (Å²) in [5, 5.41) is 12.2. The predicted molar refractivity (Wildman–Crippen MR) is 73.6 cm³/mol. The van der Waals surface area contributed by atoms with Gasteiger partial charge in [0, 0.05) is 5.56 Å². The maximum atomic E-state index is 12.0. The van der Waals surface area contributed by atoms with Crippen LogP contribution in [-0.4, -0.2) is 35.3 Å². The minimum atomic E-state index is -0.928. The van der Waals surface area contributed by atoms with Crippen molar-refractivity contribution in [3.63, 3.8) is 0 Å². The number of nitrogens with zero attached hydrogens (tertiary/aromatic N) is 1. The monoisotopic (exact) mass is 288 g/mol. The van der Waals surface area contributed by atoms with E-state index in [4.69, 9.17) is 4.74 Å². The first-order valence-corrected chi connectivity index (χ1v) is 6.14. The Morgan fingerprint density at radius 2 is 1.95 bits per heavy atom. The lowest BCUT2D eigenvalue weighted by atomic mass is 10.0. The van der Waals surface area contributed by atoms with Crippen LogP contribution in [0.3, 0.4) is 0 Å². The van der Waals surface area contributed by atoms with E-state index in [2.05, 4.69) is 4.99 Å². The number of benzene rings is 1. The SMILES string of the molecule is CCOC(=O)C(C1=NC(=O)NC1=O)=C(O)c1ccccc1. The van der Waals surface area contributed by atoms with Gasteiger partial charge in [-0.3, -0.25) is 10.1 Å². The zero-order valence-corrected chi connectivity index (χ0v) is 11.1. The molecular formula is C14H12N2O5. The van der Waals surface area contributed by atoms with Gasteiger partial charge in [0.2, 0.25) is 0 Å². The minimum Gasteiger partial charge on any atom is -0.506 e. The van der Waals surface area contributed by atoms with Gasteiger partial charge >= 0.3 is 12.0 Å². The van der Waals surface area contributed by atoms with Gasteiger partial charge in [0.25, 0.3) is 5.91 Å². The van der Waals surface area contributed by atoms with Gasteiger partial charge in [-0.1, -0.05) is 30.3 Å². The van der Waals surface area contributed by atoms with Crippen LogP contribution < -0.4 is 5.32 Å². The van der Waals surface area contributed by atoms with Gasteiger partial charge in [0.1, 0.15) is 11.3 Å². The first-order valence-electron chi connectivity index (χ1n) is 6.14. The highest BCUT2D eigenvalue weighted by molar-refractivity contribution is 6.57. The average Bonchev–Trinajstić information content (AvgIpc) is 2.79. The molecule has 1 aliphatic heterocycles. The van der Waals surface area contributed by atoms with Crippen LogP contribution in [0.15, 0.2) is 40.9 Å². The van der Waals surface area contributed by atoms with Crippen LogP contribution in [0.2, 0.25) is 0 Å². The third kappa shape index (κ3) is 2.97. The van der Waals surface area contributed by atoms with E-state index in [0.29, 0.717) is 5.56 Å². The Morgan fingerprint density at radius 1 is 1.29 bits per heavy atom. The molecule has 7 nitrogen and oxygen atoms in total. The quantitative estimate of drug-likeness (QED) is 0.492. The summed E-state index contributed by atoms with van der Waals surface area (Å²) in [6.45, 7) is 1.63. The second-order valence-corrected chi connectivity index (χ2v) is 4.03. The number of aliphatic hydroxyl groups is 1. The molecule has 0 radical (unpaired) electrons. The topological polar surface area (TPSA) is 105 Å². The highest BCUT2D eigenvalue weighted by atomic mass is 16.5. The van der Waals surface area contributed by atoms with Crippen LogP contribution in [-0.2, 0) is 14.3 Å². The molecule has 1 heterocycles. The maximum Gasteiger partial charge on any atom is 0.348 e. The third-order valence-electron chi connectivity index (χ3n) is 2.65. The van der Waals surface area contributed by atoms with Crippen LogP contribution in [0.5, 0.6) is 0 Å². The summed E-state index contributed by atoms with van der Waals surface area (Å²) in [6, 6.07) is 7.22. The second kappa shape index (κ2) is 6.00. The van der Waals surface area contributed by atoms with Crippen molar-refractivity contribution in [1.82, 2.24) is 5.32 Å². The summed E-state index contributed by atoms with van der Waals surface area (Å²) in [7, 11) is 0. The van der Waals surface area contributed by atoms with Gasteiger partial charge in [0.15, 0.2) is 5.71 Å². The number of carbonyl (C=O) groups excluding carboxylic acids is 3. The van der Waals surface area contributed by atoms with Crippen LogP contribution in [0.4, 0.5) is 4.79 Å². The molecule has 0 aromatic heterocycles. The zero-order valence-electron chi connectivity index (χ0n) is 11.1. The zero-order chi connectivity index (χ0) is 15.4. The Morgan fingerprint density at radius 3 is 2.48 bits per heavy atom. The molecule has 0 saturated carbocycles. The van der Waals surface area contributed by atoms with Gasteiger partial charge in [-0.15, -0.1) is 0 Å². The molecule has 0 atom stereocenters. The second-order valence-electron chi connectivity index (χ2n) is 4.03. The van der Waals surface area contributed by atoms with Crippen LogP contribution in [0.1, 0.15) is 12.5 Å². The van der Waals surface area contributed by atoms with Gasteiger partial charge in [-0.2, -0.15) is 4.99 Å². The Labute approximate surface area is 119 Å². The van der Waals surface area contributed by atoms with E-state index in [1.807, 2.05) is 5.32 Å². The molecule has 3 amide bonds. The predicted octanol–water partition coefficient (Wildman–Crippen LogP) is 1.21. The van der Waals surface area contributed by atoms with Crippen molar-refractivity contribution in [1.29, 1.82) is 0 Å². The first kappa shape index (κ1) is 14.4. The number of hydrogen-bond acceptors (Lipinski definition) is 5. The van der Waals surface area contributed by atoms with Crippen molar-refractivity contribution in [2.45, 2.75) is 6.92 Å². The molecule has 1 aromatic carbocycles. The lowest BCUT2D eigenvalue weighted by Crippen LogP contribution is -2.29. The highest BCUT2D eigenvalue weighted by Gasteiger charge is 2.33. The van der Waals surface area contributed by atoms with Crippen LogP contribution in [0.25, 0.3) is 5.76 Å². The van der Waals surface area contributed by atoms with Crippen molar-refractivity contribution >= 4 is 29.4 Å². The molecule has 0 unspecified atom stereocenters. The van der Waals surface area contributed by atoms with Crippen molar-refractivity contribution in [3.8, 4) is 0 Å². The lowest BCUT2D eigenvalue weighted by Gasteiger charge is -2.09. The highest BCUT2D eigenvalue weighted by Crippen LogP contribution is 2.20. The van der Waals surface area contributed by atoms with E-state index in [1.54, 1.807) is 37.3 Å². The Balaban J connectivity index is 2.56. The summed E-state index contributed by atoms with van der Waals surface area (Å²) < 4.78 is 4.81. The molecule has 2 rings (SSSR count). The first-order chi connectivity index (χ1) is 10.0. The summed E-state index contributed by atoms with van der Waals surface area (Å²) in [5.41, 5.74) is -0.596. The largest absolute Gasteiger partial charge is 0.506 e. The summed E-state index contributed by atoms with van der Waals surface area (Å²) >= 11 is 0. The number of urea groups is 1. The van der Waals surface area contributed by atoms with Crippen molar-refractivity contribution in [2.75, 3.05) is 6.61 Å². The fourth-order valence-corrected chi connectivity index (χ4v) is 1.76. The third-order valence-corrected chi connectivity index (χ3v) is 2.65. The summed E-state index contributed by atoms with van der Waals surface area (Å²) in [6.07, 6.45) is 0. The van der Waals surface area contributed by atoms with E-state index in [-0.39, 0.29) is 6.61 Å². The fourth-order valence-electron chi connectivity index (χ4n) is 1.76. The van der Waals surface area contributed by atoms with Gasteiger partial charge in [0.05, 0.1) is 6.61 Å². The van der Waals surface area contributed by atoms with Crippen molar-refractivity contribution in [3.05, 3.63) is 41.5 Å². The number of esters is 1. The molecule has 0 bridgehead atoms. The minimum absolute atomic E-state index is 0.0489. The van der Waals surface area contributed by atoms with Crippen molar-refractivity contribution in [2.24, 2.45) is 4.99 Å². The number of nitrogens with one attached hydrogen (secondary N) is 1. The van der Waals surface area contributed by atoms with Crippen molar-refractivity contribution < 1.29 is 24.2 Å². The Bertz CT molecular complexity index is 661. The number of hydrogen-bond donors (Lipinski definition) is 2. The molecule has 1 aliphatic rings.